The highest BCUT2D eigenvalue weighted by atomic mass is 32.2. The Bertz CT molecular complexity index is 1150. The molecule has 0 spiro atoms. The number of aryl methyl sites for hydroxylation is 1. The lowest BCUT2D eigenvalue weighted by Gasteiger charge is -2.32. The molecule has 2 aliphatic rings. The van der Waals surface area contributed by atoms with E-state index >= 15 is 0 Å². The van der Waals surface area contributed by atoms with Gasteiger partial charge in [0.1, 0.15) is 15.8 Å². The first-order valence-electron chi connectivity index (χ1n) is 11.5. The number of hydrogen-bond donors (Lipinski definition) is 0. The SMILES string of the molecule is CCOCCCN1C(=O)/C(=C\c2c(N3CCC(C)CC3)nc3c(C)cccn3c2=O)SC1=S. The predicted molar refractivity (Wildman–Crippen MR) is 138 cm³/mol. The Hall–Kier alpha value is -2.23. The van der Waals surface area contributed by atoms with E-state index in [-0.39, 0.29) is 11.5 Å². The molecular weight excluding hydrogens is 456 g/mol. The Morgan fingerprint density at radius 2 is 2.06 bits per heavy atom. The summed E-state index contributed by atoms with van der Waals surface area (Å²) in [6, 6.07) is 3.80. The van der Waals surface area contributed by atoms with Gasteiger partial charge in [-0.05, 0) is 56.7 Å². The van der Waals surface area contributed by atoms with E-state index in [1.54, 1.807) is 21.6 Å². The Labute approximate surface area is 203 Å². The van der Waals surface area contributed by atoms with Crippen molar-refractivity contribution in [3.05, 3.63) is 44.7 Å². The topological polar surface area (TPSA) is 67.2 Å². The molecule has 0 bridgehead atoms. The maximum atomic E-state index is 13.6. The first-order chi connectivity index (χ1) is 15.9. The number of thioether (sulfide) groups is 1. The average Bonchev–Trinajstić information content (AvgIpc) is 3.06. The Balaban J connectivity index is 1.73. The second-order valence-corrected chi connectivity index (χ2v) is 10.3. The molecule has 2 fully saturated rings. The maximum absolute atomic E-state index is 13.6. The van der Waals surface area contributed by atoms with Crippen LogP contribution in [-0.2, 0) is 9.53 Å². The van der Waals surface area contributed by atoms with E-state index in [1.807, 2.05) is 26.0 Å². The molecule has 7 nitrogen and oxygen atoms in total. The third-order valence-corrected chi connectivity index (χ3v) is 7.55. The highest BCUT2D eigenvalue weighted by Gasteiger charge is 2.33. The summed E-state index contributed by atoms with van der Waals surface area (Å²) in [6.45, 7) is 9.57. The second kappa shape index (κ2) is 10.4. The van der Waals surface area contributed by atoms with Crippen LogP contribution in [-0.4, -0.2) is 57.4 Å². The lowest BCUT2D eigenvalue weighted by atomic mass is 9.99. The predicted octanol–water partition coefficient (Wildman–Crippen LogP) is 3.87. The van der Waals surface area contributed by atoms with E-state index in [0.717, 1.165) is 31.5 Å². The first kappa shape index (κ1) is 23.9. The number of aromatic nitrogens is 2. The van der Waals surface area contributed by atoms with Crippen molar-refractivity contribution < 1.29 is 9.53 Å². The normalized spacial score (nSPS) is 18.8. The minimum absolute atomic E-state index is 0.159. The molecule has 4 rings (SSSR count). The number of rotatable bonds is 7. The van der Waals surface area contributed by atoms with Crippen LogP contribution in [0, 0.1) is 12.8 Å². The van der Waals surface area contributed by atoms with Gasteiger partial charge in [-0.3, -0.25) is 18.9 Å². The fourth-order valence-electron chi connectivity index (χ4n) is 4.18. The zero-order chi connectivity index (χ0) is 23.5. The summed E-state index contributed by atoms with van der Waals surface area (Å²) in [4.78, 5) is 35.9. The third kappa shape index (κ3) is 5.00. The number of thiocarbonyl (C=S) groups is 1. The van der Waals surface area contributed by atoms with Gasteiger partial charge in [-0.25, -0.2) is 4.98 Å². The van der Waals surface area contributed by atoms with E-state index in [4.69, 9.17) is 21.9 Å². The lowest BCUT2D eigenvalue weighted by molar-refractivity contribution is -0.122. The molecule has 9 heteroatoms. The highest BCUT2D eigenvalue weighted by molar-refractivity contribution is 8.26. The summed E-state index contributed by atoms with van der Waals surface area (Å²) in [5, 5.41) is 0. The summed E-state index contributed by atoms with van der Waals surface area (Å²) in [6.07, 6.45) is 6.24. The van der Waals surface area contributed by atoms with Crippen LogP contribution < -0.4 is 10.5 Å². The van der Waals surface area contributed by atoms with Gasteiger partial charge >= 0.3 is 0 Å². The largest absolute Gasteiger partial charge is 0.382 e. The second-order valence-electron chi connectivity index (χ2n) is 8.59. The molecule has 0 N–H and O–H groups in total. The molecule has 33 heavy (non-hydrogen) atoms. The van der Waals surface area contributed by atoms with Gasteiger partial charge in [-0.15, -0.1) is 0 Å². The van der Waals surface area contributed by atoms with Crippen LogP contribution in [0.15, 0.2) is 28.0 Å². The van der Waals surface area contributed by atoms with Gasteiger partial charge in [0.15, 0.2) is 0 Å². The molecule has 0 aromatic carbocycles. The summed E-state index contributed by atoms with van der Waals surface area (Å²) >= 11 is 6.71. The number of carbonyl (C=O) groups is 1. The van der Waals surface area contributed by atoms with E-state index in [9.17, 15) is 9.59 Å². The number of anilines is 1. The van der Waals surface area contributed by atoms with Crippen LogP contribution in [0.5, 0.6) is 0 Å². The molecule has 176 valence electrons. The molecule has 1 amide bonds. The number of ether oxygens (including phenoxy) is 1. The van der Waals surface area contributed by atoms with Crippen LogP contribution >= 0.6 is 24.0 Å². The van der Waals surface area contributed by atoms with Crippen molar-refractivity contribution in [2.75, 3.05) is 37.7 Å². The van der Waals surface area contributed by atoms with Crippen LogP contribution in [0.3, 0.4) is 0 Å². The number of carbonyl (C=O) groups excluding carboxylic acids is 1. The van der Waals surface area contributed by atoms with Crippen LogP contribution in [0.2, 0.25) is 0 Å². The van der Waals surface area contributed by atoms with Gasteiger partial charge in [0, 0.05) is 39.0 Å². The zero-order valence-corrected chi connectivity index (χ0v) is 21.0. The summed E-state index contributed by atoms with van der Waals surface area (Å²) in [5.41, 5.74) is 1.87. The van der Waals surface area contributed by atoms with Crippen LogP contribution in [0.4, 0.5) is 5.82 Å². The number of piperidine rings is 1. The van der Waals surface area contributed by atoms with Crippen LogP contribution in [0.1, 0.15) is 44.2 Å². The number of pyridine rings is 1. The molecule has 0 radical (unpaired) electrons. The molecule has 4 heterocycles. The monoisotopic (exact) mass is 486 g/mol. The van der Waals surface area contributed by atoms with Crippen molar-refractivity contribution in [3.63, 3.8) is 0 Å². The molecular formula is C24H30N4O3S2. The zero-order valence-electron chi connectivity index (χ0n) is 19.4. The molecule has 2 aromatic rings. The summed E-state index contributed by atoms with van der Waals surface area (Å²) in [5.74, 6) is 1.15. The smallest absolute Gasteiger partial charge is 0.267 e. The van der Waals surface area contributed by atoms with E-state index in [2.05, 4.69) is 11.8 Å². The number of amides is 1. The summed E-state index contributed by atoms with van der Waals surface area (Å²) < 4.78 is 7.47. The molecule has 0 unspecified atom stereocenters. The van der Waals surface area contributed by atoms with Gasteiger partial charge in [0.25, 0.3) is 11.5 Å². The molecule has 0 aliphatic carbocycles. The Morgan fingerprint density at radius 3 is 2.79 bits per heavy atom. The van der Waals surface area contributed by atoms with Gasteiger partial charge in [0.05, 0.1) is 10.5 Å². The van der Waals surface area contributed by atoms with Crippen molar-refractivity contribution in [1.29, 1.82) is 0 Å². The first-order valence-corrected chi connectivity index (χ1v) is 12.7. The molecule has 0 atom stereocenters. The molecule has 2 saturated heterocycles. The standard InChI is InChI=1S/C24H30N4O3S2/c1-4-31-14-6-11-28-23(30)19(33-24(28)32)15-18-21(26-12-8-16(2)9-13-26)25-20-17(3)7-5-10-27(20)22(18)29/h5,7,10,15-16H,4,6,8-9,11-14H2,1-3H3/b19-15+. The van der Waals surface area contributed by atoms with Gasteiger partial charge < -0.3 is 9.64 Å². The average molecular weight is 487 g/mol. The third-order valence-electron chi connectivity index (χ3n) is 6.17. The Kier molecular flexibility index (Phi) is 7.51. The van der Waals surface area contributed by atoms with Gasteiger partial charge in [-0.2, -0.15) is 0 Å². The maximum Gasteiger partial charge on any atom is 0.267 e. The van der Waals surface area contributed by atoms with Crippen molar-refractivity contribution in [3.8, 4) is 0 Å². The van der Waals surface area contributed by atoms with Crippen molar-refractivity contribution >= 4 is 51.7 Å². The van der Waals surface area contributed by atoms with Crippen LogP contribution in [0.25, 0.3) is 11.7 Å². The molecule has 2 aromatic heterocycles. The quantitative estimate of drug-likeness (QED) is 0.334. The number of fused-ring (bicyclic) bond motifs is 1. The fraction of sp³-hybridized carbons (Fsp3) is 0.500. The lowest BCUT2D eigenvalue weighted by Crippen LogP contribution is -2.36. The van der Waals surface area contributed by atoms with Gasteiger partial charge in [0.2, 0.25) is 0 Å². The minimum atomic E-state index is -0.168. The highest BCUT2D eigenvalue weighted by Crippen LogP contribution is 2.34. The number of nitrogens with zero attached hydrogens (tertiary/aromatic N) is 4. The molecule has 0 saturated carbocycles. The van der Waals surface area contributed by atoms with Crippen molar-refractivity contribution in [2.45, 2.75) is 40.0 Å². The number of hydrogen-bond acceptors (Lipinski definition) is 7. The fourth-order valence-corrected chi connectivity index (χ4v) is 5.47. The van der Waals surface area contributed by atoms with E-state index in [1.165, 1.54) is 11.8 Å². The van der Waals surface area contributed by atoms with Gasteiger partial charge in [-0.1, -0.05) is 37.0 Å². The minimum Gasteiger partial charge on any atom is -0.382 e. The van der Waals surface area contributed by atoms with E-state index in [0.29, 0.717) is 58.4 Å². The summed E-state index contributed by atoms with van der Waals surface area (Å²) in [7, 11) is 0. The van der Waals surface area contributed by atoms with Crippen molar-refractivity contribution in [1.82, 2.24) is 14.3 Å². The molecule has 2 aliphatic heterocycles. The van der Waals surface area contributed by atoms with Crippen molar-refractivity contribution in [2.24, 2.45) is 5.92 Å². The van der Waals surface area contributed by atoms with E-state index < -0.39 is 0 Å². The Morgan fingerprint density at radius 1 is 1.30 bits per heavy atom.